The number of ketones is 1. The van der Waals surface area contributed by atoms with Crippen LogP contribution in [-0.4, -0.2) is 10.9 Å². The van der Waals surface area contributed by atoms with Gasteiger partial charge in [-0.05, 0) is 77.5 Å². The fourth-order valence-electron chi connectivity index (χ4n) is 4.29. The highest BCUT2D eigenvalue weighted by atomic mass is 16.3. The zero-order chi connectivity index (χ0) is 33.4. The fourth-order valence-corrected chi connectivity index (χ4v) is 4.29. The molecule has 0 aromatic heterocycles. The number of Topliss-reactive ketones (excluding diaryl/α,β-unsaturated/α-hetero) is 1. The Kier molecular flexibility index (Phi) is 23.8. The van der Waals surface area contributed by atoms with Crippen molar-refractivity contribution in [2.24, 2.45) is 5.92 Å². The number of hydrogen-bond acceptors (Lipinski definition) is 2. The number of carbonyl (C=O) groups excluding carboxylic acids is 1. The van der Waals surface area contributed by atoms with Crippen LogP contribution in [0.5, 0.6) is 5.75 Å². The molecule has 43 heavy (non-hydrogen) atoms. The van der Waals surface area contributed by atoms with Crippen LogP contribution in [0.15, 0.2) is 96.6 Å². The van der Waals surface area contributed by atoms with E-state index in [4.69, 9.17) is 0 Å². The van der Waals surface area contributed by atoms with Gasteiger partial charge in [-0.25, -0.2) is 0 Å². The van der Waals surface area contributed by atoms with Crippen molar-refractivity contribution in [1.29, 1.82) is 0 Å². The second-order valence-corrected chi connectivity index (χ2v) is 11.5. The Bertz CT molecular complexity index is 1100. The lowest BCUT2D eigenvalue weighted by molar-refractivity contribution is -0.119. The number of allylic oxidation sites excluding steroid dienone is 6. The highest BCUT2D eigenvalue weighted by Crippen LogP contribution is 2.48. The highest BCUT2D eigenvalue weighted by Gasteiger charge is 2.48. The first-order valence-electron chi connectivity index (χ1n) is 16.3. The van der Waals surface area contributed by atoms with Crippen molar-refractivity contribution in [3.63, 3.8) is 0 Å². The summed E-state index contributed by atoms with van der Waals surface area (Å²) in [5.41, 5.74) is 6.53. The summed E-state index contributed by atoms with van der Waals surface area (Å²) in [4.78, 5) is 11.3. The van der Waals surface area contributed by atoms with Gasteiger partial charge in [0.25, 0.3) is 0 Å². The summed E-state index contributed by atoms with van der Waals surface area (Å²) in [5, 5.41) is 9.50. The first kappa shape index (κ1) is 42.0. The summed E-state index contributed by atoms with van der Waals surface area (Å²) in [7, 11) is 0. The van der Waals surface area contributed by atoms with Crippen molar-refractivity contribution in [1.82, 2.24) is 0 Å². The molecule has 2 heteroatoms. The number of rotatable bonds is 10. The number of phenolic OH excluding ortho intramolecular Hbond substituents is 1. The first-order valence-corrected chi connectivity index (χ1v) is 16.3. The van der Waals surface area contributed by atoms with Crippen LogP contribution in [0, 0.1) is 5.92 Å². The van der Waals surface area contributed by atoms with Gasteiger partial charge in [0.2, 0.25) is 0 Å². The molecule has 1 saturated carbocycles. The molecular weight excluding hydrogens is 524 g/mol. The first-order chi connectivity index (χ1) is 20.4. The van der Waals surface area contributed by atoms with E-state index in [-0.39, 0.29) is 11.2 Å². The Morgan fingerprint density at radius 1 is 0.884 bits per heavy atom. The van der Waals surface area contributed by atoms with E-state index in [2.05, 4.69) is 66.8 Å². The molecule has 1 N–H and O–H groups in total. The van der Waals surface area contributed by atoms with Gasteiger partial charge in [-0.1, -0.05) is 157 Å². The molecule has 0 atom stereocenters. The second kappa shape index (κ2) is 24.3. The summed E-state index contributed by atoms with van der Waals surface area (Å²) < 4.78 is 0. The van der Waals surface area contributed by atoms with Gasteiger partial charge in [-0.2, -0.15) is 0 Å². The minimum absolute atomic E-state index is 0.0960. The van der Waals surface area contributed by atoms with Crippen molar-refractivity contribution < 1.29 is 9.90 Å². The molecule has 1 fully saturated rings. The number of hydrogen-bond donors (Lipinski definition) is 1. The minimum atomic E-state index is -0.0960. The zero-order valence-electron chi connectivity index (χ0n) is 29.6. The minimum Gasteiger partial charge on any atom is -0.507 e. The van der Waals surface area contributed by atoms with Crippen LogP contribution >= 0.6 is 0 Å². The summed E-state index contributed by atoms with van der Waals surface area (Å²) >= 11 is 0. The number of benzene rings is 2. The van der Waals surface area contributed by atoms with Crippen molar-refractivity contribution >= 4 is 11.4 Å². The van der Waals surface area contributed by atoms with Gasteiger partial charge >= 0.3 is 0 Å². The lowest BCUT2D eigenvalue weighted by atomic mass is 9.92. The SMILES string of the molecule is C=C(C=C(C)C)c1ccccc1O.C=CC(C)=C(C)C.CC.CC(=O)C1(c2ccccc2)CC1.CCCCC(CC)CC. The summed E-state index contributed by atoms with van der Waals surface area (Å²) in [6.45, 7) is 30.3. The standard InChI is InChI=1S/C12H14O.C11H12O.C9H20.C7H12.C2H6/c1-9(2)8-10(3)11-6-4-5-7-12(11)13;1-9(12)11(7-8-11)10-5-3-2-4-6-10;1-4-7-8-9(5-2)6-3;1-5-7(4)6(2)3;1-2/h4-8,13H,3H2,1-2H3;2-6H,7-8H2,1H3;9H,4-8H2,1-3H3;5H,1H2,2-4H3;1-2H3. The topological polar surface area (TPSA) is 37.3 Å². The molecule has 2 aromatic carbocycles. The molecule has 0 heterocycles. The number of phenols is 1. The molecular formula is C41H64O2. The average Bonchev–Trinajstić information content (AvgIpc) is 3.82. The Hall–Kier alpha value is -3.13. The zero-order valence-corrected chi connectivity index (χ0v) is 29.6. The lowest BCUT2D eigenvalue weighted by Gasteiger charge is -2.10. The third kappa shape index (κ3) is 17.6. The molecule has 0 amide bonds. The molecule has 3 rings (SSSR count). The molecule has 0 radical (unpaired) electrons. The van der Waals surface area contributed by atoms with Gasteiger partial charge in [0.1, 0.15) is 11.5 Å². The Morgan fingerprint density at radius 2 is 1.40 bits per heavy atom. The average molecular weight is 589 g/mol. The molecule has 0 saturated heterocycles. The normalized spacial score (nSPS) is 11.7. The number of unbranched alkanes of at least 4 members (excludes halogenated alkanes) is 1. The van der Waals surface area contributed by atoms with E-state index < -0.39 is 0 Å². The predicted molar refractivity (Wildman–Crippen MR) is 194 cm³/mol. The third-order valence-electron chi connectivity index (χ3n) is 7.68. The van der Waals surface area contributed by atoms with E-state index in [1.807, 2.05) is 70.2 Å². The van der Waals surface area contributed by atoms with Gasteiger partial charge in [0, 0.05) is 5.56 Å². The van der Waals surface area contributed by atoms with Crippen LogP contribution in [0.3, 0.4) is 0 Å². The monoisotopic (exact) mass is 588 g/mol. The maximum atomic E-state index is 11.3. The predicted octanol–water partition coefficient (Wildman–Crippen LogP) is 12.8. The van der Waals surface area contributed by atoms with Crippen molar-refractivity contribution in [3.05, 3.63) is 108 Å². The van der Waals surface area contributed by atoms with Crippen molar-refractivity contribution in [2.45, 2.75) is 127 Å². The molecule has 0 unspecified atom stereocenters. The van der Waals surface area contributed by atoms with Crippen LogP contribution in [-0.2, 0) is 10.2 Å². The smallest absolute Gasteiger partial charge is 0.140 e. The Labute approximate surface area is 266 Å². The van der Waals surface area contributed by atoms with Crippen LogP contribution in [0.25, 0.3) is 5.57 Å². The van der Waals surface area contributed by atoms with E-state index in [1.54, 1.807) is 19.1 Å². The molecule has 2 nitrogen and oxygen atoms in total. The Balaban J connectivity index is 0. The Morgan fingerprint density at radius 3 is 1.74 bits per heavy atom. The molecule has 0 bridgehead atoms. The van der Waals surface area contributed by atoms with E-state index in [0.29, 0.717) is 5.78 Å². The van der Waals surface area contributed by atoms with E-state index >= 15 is 0 Å². The van der Waals surface area contributed by atoms with E-state index in [0.717, 1.165) is 29.9 Å². The van der Waals surface area contributed by atoms with Crippen molar-refractivity contribution in [3.8, 4) is 5.75 Å². The van der Waals surface area contributed by atoms with Gasteiger partial charge < -0.3 is 5.11 Å². The van der Waals surface area contributed by atoms with E-state index in [9.17, 15) is 9.90 Å². The molecule has 240 valence electrons. The number of aromatic hydroxyl groups is 1. The quantitative estimate of drug-likeness (QED) is 0.280. The second-order valence-electron chi connectivity index (χ2n) is 11.5. The summed E-state index contributed by atoms with van der Waals surface area (Å²) in [6.07, 6.45) is 12.9. The number of para-hydroxylation sites is 1. The lowest BCUT2D eigenvalue weighted by Crippen LogP contribution is -2.16. The summed E-state index contributed by atoms with van der Waals surface area (Å²) in [5.74, 6) is 1.60. The third-order valence-corrected chi connectivity index (χ3v) is 7.68. The van der Waals surface area contributed by atoms with Crippen LogP contribution in [0.2, 0.25) is 0 Å². The molecule has 0 spiro atoms. The van der Waals surface area contributed by atoms with Gasteiger partial charge in [0.05, 0.1) is 5.41 Å². The molecule has 1 aliphatic carbocycles. The molecule has 2 aromatic rings. The number of carbonyl (C=O) groups is 1. The van der Waals surface area contributed by atoms with Crippen molar-refractivity contribution in [2.75, 3.05) is 0 Å². The maximum Gasteiger partial charge on any atom is 0.140 e. The largest absolute Gasteiger partial charge is 0.507 e. The summed E-state index contributed by atoms with van der Waals surface area (Å²) in [6, 6.07) is 17.3. The maximum absolute atomic E-state index is 11.3. The van der Waals surface area contributed by atoms with E-state index in [1.165, 1.54) is 54.4 Å². The van der Waals surface area contributed by atoms with Gasteiger partial charge in [0.15, 0.2) is 0 Å². The van der Waals surface area contributed by atoms with Crippen LogP contribution in [0.1, 0.15) is 132 Å². The molecule has 0 aliphatic heterocycles. The highest BCUT2D eigenvalue weighted by molar-refractivity contribution is 5.91. The van der Waals surface area contributed by atoms with Gasteiger partial charge in [-0.3, -0.25) is 4.79 Å². The van der Waals surface area contributed by atoms with Crippen LogP contribution in [0.4, 0.5) is 0 Å². The fraction of sp³-hybridized carbons (Fsp3) is 0.488. The van der Waals surface area contributed by atoms with Gasteiger partial charge in [-0.15, -0.1) is 0 Å². The van der Waals surface area contributed by atoms with Crippen LogP contribution < -0.4 is 0 Å². The molecule has 1 aliphatic rings.